The Hall–Kier alpha value is -2.69. The average Bonchev–Trinajstić information content (AvgIpc) is 2.67. The number of anilines is 1. The molecule has 0 unspecified atom stereocenters. The van der Waals surface area contributed by atoms with Crippen LogP contribution in [0.4, 0.5) is 5.69 Å². The molecule has 3 rings (SSSR count). The zero-order chi connectivity index (χ0) is 18.5. The van der Waals surface area contributed by atoms with Crippen molar-refractivity contribution in [1.29, 1.82) is 0 Å². The second-order valence-electron chi connectivity index (χ2n) is 6.60. The summed E-state index contributed by atoms with van der Waals surface area (Å²) < 4.78 is 11.0. The van der Waals surface area contributed by atoms with Crippen molar-refractivity contribution in [2.24, 2.45) is 0 Å². The van der Waals surface area contributed by atoms with E-state index >= 15 is 0 Å². The number of carbonyl (C=O) groups is 1. The average molecular weight is 354 g/mol. The van der Waals surface area contributed by atoms with Gasteiger partial charge in [0.1, 0.15) is 0 Å². The smallest absolute Gasteiger partial charge is 0.260 e. The summed E-state index contributed by atoms with van der Waals surface area (Å²) in [7, 11) is 1.61. The highest BCUT2D eigenvalue weighted by Gasteiger charge is 2.22. The van der Waals surface area contributed by atoms with Gasteiger partial charge in [-0.05, 0) is 43.2 Å². The summed E-state index contributed by atoms with van der Waals surface area (Å²) in [6.07, 6.45) is 0. The molecule has 0 radical (unpaired) electrons. The molecule has 0 atom stereocenters. The number of aryl methyl sites for hydroxylation is 2. The van der Waals surface area contributed by atoms with Gasteiger partial charge in [-0.25, -0.2) is 0 Å². The summed E-state index contributed by atoms with van der Waals surface area (Å²) in [5.41, 5.74) is 3.61. The lowest BCUT2D eigenvalue weighted by atomic mass is 10.1. The van der Waals surface area contributed by atoms with Gasteiger partial charge in [-0.15, -0.1) is 0 Å². The molecule has 1 saturated heterocycles. The van der Waals surface area contributed by atoms with Crippen molar-refractivity contribution in [2.75, 3.05) is 44.8 Å². The van der Waals surface area contributed by atoms with E-state index in [1.54, 1.807) is 7.11 Å². The molecule has 2 aromatic rings. The van der Waals surface area contributed by atoms with Crippen LogP contribution >= 0.6 is 0 Å². The molecule has 0 aromatic heterocycles. The zero-order valence-electron chi connectivity index (χ0n) is 15.7. The summed E-state index contributed by atoms with van der Waals surface area (Å²) in [5.74, 6) is 1.27. The highest BCUT2D eigenvalue weighted by Crippen LogP contribution is 2.28. The Kier molecular flexibility index (Phi) is 5.66. The first-order valence-corrected chi connectivity index (χ1v) is 8.94. The molecule has 2 aromatic carbocycles. The van der Waals surface area contributed by atoms with Crippen LogP contribution in [0.1, 0.15) is 11.1 Å². The fourth-order valence-electron chi connectivity index (χ4n) is 3.24. The zero-order valence-corrected chi connectivity index (χ0v) is 15.7. The summed E-state index contributed by atoms with van der Waals surface area (Å²) in [6, 6.07) is 14.1. The molecule has 0 spiro atoms. The minimum atomic E-state index is 0.0112. The molecule has 26 heavy (non-hydrogen) atoms. The first-order valence-electron chi connectivity index (χ1n) is 8.94. The quantitative estimate of drug-likeness (QED) is 0.828. The molecule has 1 aliphatic rings. The number of benzene rings is 2. The van der Waals surface area contributed by atoms with Crippen LogP contribution in [0.3, 0.4) is 0 Å². The van der Waals surface area contributed by atoms with Gasteiger partial charge >= 0.3 is 0 Å². The van der Waals surface area contributed by atoms with Crippen LogP contribution in [0.25, 0.3) is 0 Å². The molecule has 138 valence electrons. The summed E-state index contributed by atoms with van der Waals surface area (Å²) in [6.45, 7) is 7.24. The van der Waals surface area contributed by atoms with Gasteiger partial charge in [0, 0.05) is 31.9 Å². The Morgan fingerprint density at radius 3 is 2.42 bits per heavy atom. The van der Waals surface area contributed by atoms with E-state index in [1.165, 1.54) is 11.3 Å². The van der Waals surface area contributed by atoms with Gasteiger partial charge in [0.25, 0.3) is 5.91 Å². The van der Waals surface area contributed by atoms with Crippen LogP contribution in [0.5, 0.6) is 11.5 Å². The van der Waals surface area contributed by atoms with E-state index in [4.69, 9.17) is 9.47 Å². The van der Waals surface area contributed by atoms with Gasteiger partial charge in [-0.3, -0.25) is 4.79 Å². The van der Waals surface area contributed by atoms with Gasteiger partial charge in [-0.1, -0.05) is 24.3 Å². The summed E-state index contributed by atoms with van der Waals surface area (Å²) in [4.78, 5) is 16.7. The fraction of sp³-hybridized carbons (Fsp3) is 0.381. The van der Waals surface area contributed by atoms with Crippen LogP contribution in [0.15, 0.2) is 42.5 Å². The van der Waals surface area contributed by atoms with E-state index in [0.717, 1.165) is 18.7 Å². The Bertz CT molecular complexity index is 768. The van der Waals surface area contributed by atoms with Crippen molar-refractivity contribution in [3.63, 3.8) is 0 Å². The molecule has 1 fully saturated rings. The number of hydrogen-bond donors (Lipinski definition) is 0. The first kappa shape index (κ1) is 18.1. The molecule has 1 aliphatic heterocycles. The van der Waals surface area contributed by atoms with Crippen molar-refractivity contribution in [1.82, 2.24) is 4.90 Å². The number of amides is 1. The number of para-hydroxylation sites is 1. The molecule has 0 bridgehead atoms. The van der Waals surface area contributed by atoms with Crippen LogP contribution in [0, 0.1) is 13.8 Å². The molecule has 1 amide bonds. The van der Waals surface area contributed by atoms with Crippen LogP contribution in [0.2, 0.25) is 0 Å². The predicted molar refractivity (Wildman–Crippen MR) is 103 cm³/mol. The van der Waals surface area contributed by atoms with Crippen molar-refractivity contribution < 1.29 is 14.3 Å². The number of hydrogen-bond acceptors (Lipinski definition) is 4. The number of rotatable bonds is 5. The Balaban J connectivity index is 1.54. The highest BCUT2D eigenvalue weighted by molar-refractivity contribution is 5.78. The number of ether oxygens (including phenoxy) is 2. The maximum atomic E-state index is 12.5. The standard InChI is InChI=1S/C21H26N2O3/c1-16-8-9-19(20(14-16)25-3)26-15-21(24)23-12-10-22(11-13-23)18-7-5-4-6-17(18)2/h4-9,14H,10-13,15H2,1-3H3. The topological polar surface area (TPSA) is 42.0 Å². The minimum absolute atomic E-state index is 0.0112. The molecule has 5 heteroatoms. The molecular formula is C21H26N2O3. The van der Waals surface area contributed by atoms with Gasteiger partial charge in [0.05, 0.1) is 7.11 Å². The van der Waals surface area contributed by atoms with E-state index in [-0.39, 0.29) is 12.5 Å². The van der Waals surface area contributed by atoms with Crippen molar-refractivity contribution in [2.45, 2.75) is 13.8 Å². The number of piperazine rings is 1. The van der Waals surface area contributed by atoms with Crippen molar-refractivity contribution in [3.05, 3.63) is 53.6 Å². The molecule has 0 aliphatic carbocycles. The van der Waals surface area contributed by atoms with E-state index in [1.807, 2.05) is 30.0 Å². The van der Waals surface area contributed by atoms with Crippen LogP contribution < -0.4 is 14.4 Å². The summed E-state index contributed by atoms with van der Waals surface area (Å²) in [5, 5.41) is 0. The maximum Gasteiger partial charge on any atom is 0.260 e. The Labute approximate surface area is 155 Å². The van der Waals surface area contributed by atoms with Crippen molar-refractivity contribution in [3.8, 4) is 11.5 Å². The SMILES string of the molecule is COc1cc(C)ccc1OCC(=O)N1CCN(c2ccccc2C)CC1. The second kappa shape index (κ2) is 8.13. The van der Waals surface area contributed by atoms with Crippen LogP contribution in [-0.2, 0) is 4.79 Å². The van der Waals surface area contributed by atoms with E-state index in [9.17, 15) is 4.79 Å². The normalized spacial score (nSPS) is 14.3. The molecule has 5 nitrogen and oxygen atoms in total. The molecular weight excluding hydrogens is 328 g/mol. The minimum Gasteiger partial charge on any atom is -0.493 e. The Morgan fingerprint density at radius 2 is 1.73 bits per heavy atom. The number of nitrogens with zero attached hydrogens (tertiary/aromatic N) is 2. The van der Waals surface area contributed by atoms with Gasteiger partial charge < -0.3 is 19.3 Å². The summed E-state index contributed by atoms with van der Waals surface area (Å²) >= 11 is 0. The molecule has 0 N–H and O–H groups in total. The fourth-order valence-corrected chi connectivity index (χ4v) is 3.24. The largest absolute Gasteiger partial charge is 0.493 e. The lowest BCUT2D eigenvalue weighted by molar-refractivity contribution is -0.133. The number of carbonyl (C=O) groups excluding carboxylic acids is 1. The lowest BCUT2D eigenvalue weighted by Gasteiger charge is -2.36. The first-order chi connectivity index (χ1) is 12.6. The van der Waals surface area contributed by atoms with Crippen LogP contribution in [-0.4, -0.2) is 50.7 Å². The third-order valence-electron chi connectivity index (χ3n) is 4.76. The van der Waals surface area contributed by atoms with Crippen molar-refractivity contribution >= 4 is 11.6 Å². The second-order valence-corrected chi connectivity index (χ2v) is 6.60. The molecule has 1 heterocycles. The lowest BCUT2D eigenvalue weighted by Crippen LogP contribution is -2.50. The van der Waals surface area contributed by atoms with Gasteiger partial charge in [0.2, 0.25) is 0 Å². The maximum absolute atomic E-state index is 12.5. The van der Waals surface area contributed by atoms with E-state index in [0.29, 0.717) is 24.6 Å². The van der Waals surface area contributed by atoms with Gasteiger partial charge in [-0.2, -0.15) is 0 Å². The highest BCUT2D eigenvalue weighted by atomic mass is 16.5. The molecule has 0 saturated carbocycles. The monoisotopic (exact) mass is 354 g/mol. The number of methoxy groups -OCH3 is 1. The van der Waals surface area contributed by atoms with E-state index < -0.39 is 0 Å². The predicted octanol–water partition coefficient (Wildman–Crippen LogP) is 3.04. The third-order valence-corrected chi connectivity index (χ3v) is 4.76. The van der Waals surface area contributed by atoms with E-state index in [2.05, 4.69) is 36.1 Å². The third kappa shape index (κ3) is 4.10. The van der Waals surface area contributed by atoms with Gasteiger partial charge in [0.15, 0.2) is 18.1 Å². The Morgan fingerprint density at radius 1 is 1.00 bits per heavy atom.